The minimum atomic E-state index is -0.784. The second kappa shape index (κ2) is 6.59. The van der Waals surface area contributed by atoms with Gasteiger partial charge in [-0.1, -0.05) is 25.7 Å². The molecule has 17 heavy (non-hydrogen) atoms. The van der Waals surface area contributed by atoms with Crippen LogP contribution in [0.2, 0.25) is 0 Å². The van der Waals surface area contributed by atoms with E-state index in [9.17, 15) is 14.7 Å². The summed E-state index contributed by atoms with van der Waals surface area (Å²) in [5.41, 5.74) is 4.26. The third-order valence-electron chi connectivity index (χ3n) is 3.43. The average Bonchev–Trinajstić information content (AvgIpc) is 2.50. The molecule has 0 atom stereocenters. The van der Waals surface area contributed by atoms with Crippen LogP contribution in [-0.4, -0.2) is 29.1 Å². The molecule has 1 fully saturated rings. The number of carbonyl (C=O) groups is 2. The van der Waals surface area contributed by atoms with Crippen molar-refractivity contribution in [3.05, 3.63) is 0 Å². The van der Waals surface area contributed by atoms with Crippen LogP contribution < -0.4 is 11.1 Å². The maximum atomic E-state index is 11.4. The van der Waals surface area contributed by atoms with Crippen LogP contribution in [-0.2, 0) is 9.59 Å². The van der Waals surface area contributed by atoms with E-state index in [1.807, 2.05) is 0 Å². The maximum Gasteiger partial charge on any atom is 0.323 e. The number of nitrogens with two attached hydrogens (primary N) is 1. The number of primary amides is 1. The van der Waals surface area contributed by atoms with Crippen molar-refractivity contribution in [3.63, 3.8) is 0 Å². The molecule has 5 nitrogen and oxygen atoms in total. The van der Waals surface area contributed by atoms with Gasteiger partial charge < -0.3 is 16.2 Å². The molecule has 0 saturated heterocycles. The summed E-state index contributed by atoms with van der Waals surface area (Å²) in [5, 5.41) is 12.5. The number of amides is 1. The lowest BCUT2D eigenvalue weighted by molar-refractivity contribution is -0.145. The molecule has 0 heterocycles. The lowest BCUT2D eigenvalue weighted by Gasteiger charge is -2.29. The molecule has 0 aromatic carbocycles. The first kappa shape index (κ1) is 14.0. The minimum Gasteiger partial charge on any atom is -0.480 e. The Kier molecular flexibility index (Phi) is 5.41. The maximum absolute atomic E-state index is 11.4. The topological polar surface area (TPSA) is 92.4 Å². The molecule has 98 valence electrons. The summed E-state index contributed by atoms with van der Waals surface area (Å²) in [6, 6.07) is 0. The van der Waals surface area contributed by atoms with Crippen LogP contribution in [0, 0.1) is 0 Å². The van der Waals surface area contributed by atoms with Gasteiger partial charge in [0, 0.05) is 6.42 Å². The summed E-state index contributed by atoms with van der Waals surface area (Å²) in [6.45, 7) is 0.537. The summed E-state index contributed by atoms with van der Waals surface area (Å²) in [6.07, 6.45) is 6.39. The number of carboxylic acids is 1. The van der Waals surface area contributed by atoms with E-state index in [1.165, 1.54) is 0 Å². The summed E-state index contributed by atoms with van der Waals surface area (Å²) in [4.78, 5) is 22.0. The van der Waals surface area contributed by atoms with Crippen molar-refractivity contribution in [2.75, 3.05) is 6.54 Å². The highest BCUT2D eigenvalue weighted by Gasteiger charge is 2.37. The van der Waals surface area contributed by atoms with Crippen LogP contribution in [0.4, 0.5) is 0 Å². The van der Waals surface area contributed by atoms with Crippen LogP contribution in [0.3, 0.4) is 0 Å². The number of hydrogen-bond acceptors (Lipinski definition) is 3. The van der Waals surface area contributed by atoms with Crippen LogP contribution in [0.5, 0.6) is 0 Å². The van der Waals surface area contributed by atoms with Crippen molar-refractivity contribution in [1.29, 1.82) is 0 Å². The van der Waals surface area contributed by atoms with E-state index in [0.717, 1.165) is 25.7 Å². The highest BCUT2D eigenvalue weighted by molar-refractivity contribution is 5.78. The predicted molar refractivity (Wildman–Crippen MR) is 64.5 cm³/mol. The van der Waals surface area contributed by atoms with Gasteiger partial charge in [-0.15, -0.1) is 0 Å². The monoisotopic (exact) mass is 242 g/mol. The number of carbonyl (C=O) groups excluding carboxylic acids is 1. The average molecular weight is 242 g/mol. The fraction of sp³-hybridized carbons (Fsp3) is 0.833. The smallest absolute Gasteiger partial charge is 0.323 e. The number of nitrogens with one attached hydrogen (secondary N) is 1. The summed E-state index contributed by atoms with van der Waals surface area (Å²) in [5.74, 6) is -1.10. The first-order valence-corrected chi connectivity index (χ1v) is 6.33. The number of carboxylic acid groups (broad SMARTS) is 1. The van der Waals surface area contributed by atoms with Crippen LogP contribution in [0.15, 0.2) is 0 Å². The molecule has 0 spiro atoms. The first-order valence-electron chi connectivity index (χ1n) is 6.33. The van der Waals surface area contributed by atoms with Gasteiger partial charge in [0.15, 0.2) is 0 Å². The third kappa shape index (κ3) is 4.34. The van der Waals surface area contributed by atoms with Gasteiger partial charge >= 0.3 is 5.97 Å². The van der Waals surface area contributed by atoms with Crippen LogP contribution in [0.25, 0.3) is 0 Å². The Bertz CT molecular complexity index is 271. The Morgan fingerprint density at radius 3 is 2.24 bits per heavy atom. The zero-order valence-corrected chi connectivity index (χ0v) is 10.2. The lowest BCUT2D eigenvalue weighted by atomic mass is 9.90. The lowest BCUT2D eigenvalue weighted by Crippen LogP contribution is -2.52. The fourth-order valence-corrected chi connectivity index (χ4v) is 2.39. The van der Waals surface area contributed by atoms with Gasteiger partial charge in [0.25, 0.3) is 0 Å². The highest BCUT2D eigenvalue weighted by Crippen LogP contribution is 2.27. The van der Waals surface area contributed by atoms with E-state index in [1.54, 1.807) is 0 Å². The molecular weight excluding hydrogens is 220 g/mol. The molecular formula is C12H22N2O3. The van der Waals surface area contributed by atoms with Crippen LogP contribution >= 0.6 is 0 Å². The molecule has 0 aromatic rings. The molecule has 1 aliphatic rings. The molecule has 4 N–H and O–H groups in total. The Labute approximate surface area is 102 Å². The fourth-order valence-electron chi connectivity index (χ4n) is 2.39. The van der Waals surface area contributed by atoms with Crippen molar-refractivity contribution in [1.82, 2.24) is 5.32 Å². The molecule has 0 aromatic heterocycles. The normalized spacial score (nSPS) is 19.5. The predicted octanol–water partition coefficient (Wildman–Crippen LogP) is 1.02. The van der Waals surface area contributed by atoms with E-state index < -0.39 is 11.5 Å². The number of rotatable bonds is 6. The van der Waals surface area contributed by atoms with Gasteiger partial charge in [-0.25, -0.2) is 0 Å². The molecule has 1 aliphatic carbocycles. The van der Waals surface area contributed by atoms with Gasteiger partial charge in [0.1, 0.15) is 5.54 Å². The Morgan fingerprint density at radius 2 is 1.76 bits per heavy atom. The minimum absolute atomic E-state index is 0.308. The summed E-state index contributed by atoms with van der Waals surface area (Å²) >= 11 is 0. The van der Waals surface area contributed by atoms with E-state index in [4.69, 9.17) is 5.73 Å². The van der Waals surface area contributed by atoms with E-state index in [2.05, 4.69) is 5.32 Å². The quantitative estimate of drug-likeness (QED) is 0.479. The zero-order chi connectivity index (χ0) is 12.7. The highest BCUT2D eigenvalue weighted by atomic mass is 16.4. The van der Waals surface area contributed by atoms with Crippen LogP contribution in [0.1, 0.15) is 51.4 Å². The Balaban J connectivity index is 2.46. The second-order valence-corrected chi connectivity index (χ2v) is 4.80. The Morgan fingerprint density at radius 1 is 1.18 bits per heavy atom. The standard InChI is InChI=1S/C12H22N2O3/c13-10(15)6-5-9-14-12(11(16)17)7-3-1-2-4-8-12/h14H,1-9H2,(H2,13,15)(H,16,17). The second-order valence-electron chi connectivity index (χ2n) is 4.80. The van der Waals surface area contributed by atoms with Crippen molar-refractivity contribution in [2.45, 2.75) is 56.9 Å². The van der Waals surface area contributed by atoms with E-state index >= 15 is 0 Å². The van der Waals surface area contributed by atoms with Gasteiger partial charge in [-0.05, 0) is 25.8 Å². The molecule has 0 unspecified atom stereocenters. The largest absolute Gasteiger partial charge is 0.480 e. The van der Waals surface area contributed by atoms with E-state index in [-0.39, 0.29) is 5.91 Å². The molecule has 0 aliphatic heterocycles. The van der Waals surface area contributed by atoms with Gasteiger partial charge in [-0.2, -0.15) is 0 Å². The zero-order valence-electron chi connectivity index (χ0n) is 10.2. The third-order valence-corrected chi connectivity index (χ3v) is 3.43. The number of aliphatic carboxylic acids is 1. The molecule has 1 rings (SSSR count). The summed E-state index contributed by atoms with van der Waals surface area (Å²) in [7, 11) is 0. The van der Waals surface area contributed by atoms with Crippen molar-refractivity contribution in [3.8, 4) is 0 Å². The Hall–Kier alpha value is -1.10. The summed E-state index contributed by atoms with van der Waals surface area (Å²) < 4.78 is 0. The SMILES string of the molecule is NC(=O)CCCNC1(C(=O)O)CCCCCC1. The number of hydrogen-bond donors (Lipinski definition) is 3. The van der Waals surface area contributed by atoms with Crippen molar-refractivity contribution >= 4 is 11.9 Å². The van der Waals surface area contributed by atoms with Gasteiger partial charge in [0.2, 0.25) is 5.91 Å². The molecule has 0 bridgehead atoms. The van der Waals surface area contributed by atoms with Crippen molar-refractivity contribution in [2.24, 2.45) is 5.73 Å². The van der Waals surface area contributed by atoms with E-state index in [0.29, 0.717) is 32.2 Å². The molecule has 1 amide bonds. The molecule has 0 radical (unpaired) electrons. The first-order chi connectivity index (χ1) is 8.07. The van der Waals surface area contributed by atoms with Crippen molar-refractivity contribution < 1.29 is 14.7 Å². The van der Waals surface area contributed by atoms with Gasteiger partial charge in [0.05, 0.1) is 0 Å². The molecule has 1 saturated carbocycles. The molecule has 5 heteroatoms. The van der Waals surface area contributed by atoms with Gasteiger partial charge in [-0.3, -0.25) is 9.59 Å².